The van der Waals surface area contributed by atoms with Crippen molar-refractivity contribution in [1.29, 1.82) is 5.26 Å². The van der Waals surface area contributed by atoms with Crippen molar-refractivity contribution in [2.45, 2.75) is 44.6 Å². The van der Waals surface area contributed by atoms with Gasteiger partial charge >= 0.3 is 0 Å². The molecule has 1 aromatic carbocycles. The van der Waals surface area contributed by atoms with Gasteiger partial charge in [0.05, 0.1) is 17.4 Å². The van der Waals surface area contributed by atoms with Crippen molar-refractivity contribution in [1.82, 2.24) is 5.32 Å². The van der Waals surface area contributed by atoms with E-state index in [9.17, 15) is 20.2 Å². The first kappa shape index (κ1) is 16.0. The third-order valence-corrected chi connectivity index (χ3v) is 4.06. The van der Waals surface area contributed by atoms with Crippen molar-refractivity contribution >= 4 is 11.6 Å². The Labute approximate surface area is 129 Å². The number of carbonyl (C=O) groups excluding carboxylic acids is 1. The molecule has 0 unspecified atom stereocenters. The van der Waals surface area contributed by atoms with E-state index < -0.39 is 11.0 Å². The zero-order valence-corrected chi connectivity index (χ0v) is 12.3. The maximum Gasteiger partial charge on any atom is 0.269 e. The van der Waals surface area contributed by atoms with E-state index >= 15 is 0 Å². The maximum absolute atomic E-state index is 12.1. The van der Waals surface area contributed by atoms with Crippen LogP contribution in [0.4, 0.5) is 5.69 Å². The standard InChI is InChI=1S/C16H19N3O3/c17-11-15(13-6-2-1-3-7-13)18-16(20)10-12-5-4-8-14(9-12)19(21)22/h4-5,8-9,13,15H,1-3,6-7,10H2,(H,18,20)/t15-/m0/s1. The van der Waals surface area contributed by atoms with Gasteiger partial charge in [0.1, 0.15) is 6.04 Å². The van der Waals surface area contributed by atoms with E-state index in [1.165, 1.54) is 18.6 Å². The van der Waals surface area contributed by atoms with Gasteiger partial charge in [-0.1, -0.05) is 31.4 Å². The van der Waals surface area contributed by atoms with Gasteiger partial charge in [0.2, 0.25) is 5.91 Å². The van der Waals surface area contributed by atoms with Gasteiger partial charge in [0, 0.05) is 12.1 Å². The van der Waals surface area contributed by atoms with Crippen LogP contribution in [-0.4, -0.2) is 16.9 Å². The van der Waals surface area contributed by atoms with Crippen LogP contribution in [0.2, 0.25) is 0 Å². The Hall–Kier alpha value is -2.42. The molecule has 6 heteroatoms. The zero-order chi connectivity index (χ0) is 15.9. The number of nitro benzene ring substituents is 1. The predicted molar refractivity (Wildman–Crippen MR) is 80.9 cm³/mol. The molecule has 1 aromatic rings. The Morgan fingerprint density at radius 1 is 1.41 bits per heavy atom. The molecule has 2 rings (SSSR count). The second kappa shape index (κ2) is 7.55. The lowest BCUT2D eigenvalue weighted by Gasteiger charge is -2.26. The van der Waals surface area contributed by atoms with Crippen molar-refractivity contribution < 1.29 is 9.72 Å². The van der Waals surface area contributed by atoms with Crippen LogP contribution < -0.4 is 5.32 Å². The summed E-state index contributed by atoms with van der Waals surface area (Å²) in [6.07, 6.45) is 5.38. The Morgan fingerprint density at radius 2 is 2.14 bits per heavy atom. The SMILES string of the molecule is N#C[C@H](NC(=O)Cc1cccc([N+](=O)[O-])c1)C1CCCCC1. The Bertz CT molecular complexity index is 589. The molecule has 0 radical (unpaired) electrons. The molecule has 0 bridgehead atoms. The fraction of sp³-hybridized carbons (Fsp3) is 0.500. The summed E-state index contributed by atoms with van der Waals surface area (Å²) < 4.78 is 0. The summed E-state index contributed by atoms with van der Waals surface area (Å²) in [6.45, 7) is 0. The van der Waals surface area contributed by atoms with Gasteiger partial charge in [0.25, 0.3) is 5.69 Å². The first-order valence-electron chi connectivity index (χ1n) is 7.52. The fourth-order valence-corrected chi connectivity index (χ4v) is 2.91. The number of benzene rings is 1. The highest BCUT2D eigenvalue weighted by Gasteiger charge is 2.24. The van der Waals surface area contributed by atoms with Crippen LogP contribution in [0.5, 0.6) is 0 Å². The molecule has 6 nitrogen and oxygen atoms in total. The van der Waals surface area contributed by atoms with Crippen LogP contribution >= 0.6 is 0 Å². The van der Waals surface area contributed by atoms with Crippen molar-refractivity contribution in [3.63, 3.8) is 0 Å². The molecular weight excluding hydrogens is 282 g/mol. The highest BCUT2D eigenvalue weighted by atomic mass is 16.6. The summed E-state index contributed by atoms with van der Waals surface area (Å²) >= 11 is 0. The van der Waals surface area contributed by atoms with Gasteiger partial charge in [-0.05, 0) is 24.3 Å². The number of nitro groups is 1. The van der Waals surface area contributed by atoms with Gasteiger partial charge in [0.15, 0.2) is 0 Å². The van der Waals surface area contributed by atoms with Crippen molar-refractivity contribution in [2.24, 2.45) is 5.92 Å². The minimum atomic E-state index is -0.485. The Kier molecular flexibility index (Phi) is 5.48. The number of nitrogens with one attached hydrogen (secondary N) is 1. The monoisotopic (exact) mass is 301 g/mol. The lowest BCUT2D eigenvalue weighted by molar-refractivity contribution is -0.384. The number of hydrogen-bond donors (Lipinski definition) is 1. The maximum atomic E-state index is 12.1. The summed E-state index contributed by atoms with van der Waals surface area (Å²) in [4.78, 5) is 22.3. The van der Waals surface area contributed by atoms with Crippen molar-refractivity contribution in [3.05, 3.63) is 39.9 Å². The lowest BCUT2D eigenvalue weighted by atomic mass is 9.84. The molecular formula is C16H19N3O3. The van der Waals surface area contributed by atoms with E-state index in [2.05, 4.69) is 11.4 Å². The molecule has 1 aliphatic rings. The number of nitrogens with zero attached hydrogens (tertiary/aromatic N) is 2. The van der Waals surface area contributed by atoms with Gasteiger partial charge in [-0.15, -0.1) is 0 Å². The zero-order valence-electron chi connectivity index (χ0n) is 12.3. The molecule has 0 saturated heterocycles. The molecule has 1 fully saturated rings. The first-order chi connectivity index (χ1) is 10.6. The van der Waals surface area contributed by atoms with E-state index in [1.807, 2.05) is 0 Å². The predicted octanol–water partition coefficient (Wildman–Crippen LogP) is 2.73. The van der Waals surface area contributed by atoms with Crippen LogP contribution in [0.3, 0.4) is 0 Å². The second-order valence-corrected chi connectivity index (χ2v) is 5.68. The molecule has 0 heterocycles. The van der Waals surface area contributed by atoms with Gasteiger partial charge < -0.3 is 5.32 Å². The molecule has 0 spiro atoms. The molecule has 1 saturated carbocycles. The number of hydrogen-bond acceptors (Lipinski definition) is 4. The first-order valence-corrected chi connectivity index (χ1v) is 7.52. The average molecular weight is 301 g/mol. The van der Waals surface area contributed by atoms with Crippen molar-refractivity contribution in [2.75, 3.05) is 0 Å². The number of carbonyl (C=O) groups is 1. The third-order valence-electron chi connectivity index (χ3n) is 4.06. The van der Waals surface area contributed by atoms with Crippen molar-refractivity contribution in [3.8, 4) is 6.07 Å². The molecule has 1 amide bonds. The highest BCUT2D eigenvalue weighted by molar-refractivity contribution is 5.79. The fourth-order valence-electron chi connectivity index (χ4n) is 2.91. The average Bonchev–Trinajstić information content (AvgIpc) is 2.53. The third kappa shape index (κ3) is 4.29. The van der Waals surface area contributed by atoms with E-state index in [0.717, 1.165) is 25.7 Å². The number of amides is 1. The minimum absolute atomic E-state index is 0.0330. The summed E-state index contributed by atoms with van der Waals surface area (Å²) in [5.41, 5.74) is 0.543. The van der Waals surface area contributed by atoms with E-state index in [-0.39, 0.29) is 23.9 Å². The van der Waals surface area contributed by atoms with Gasteiger partial charge in [-0.25, -0.2) is 0 Å². The minimum Gasteiger partial charge on any atom is -0.340 e. The summed E-state index contributed by atoms with van der Waals surface area (Å²) in [6, 6.07) is 7.73. The lowest BCUT2D eigenvalue weighted by Crippen LogP contribution is -2.40. The molecule has 0 aliphatic heterocycles. The van der Waals surface area contributed by atoms with Crippen LogP contribution in [0.15, 0.2) is 24.3 Å². The van der Waals surface area contributed by atoms with Crippen LogP contribution in [0.25, 0.3) is 0 Å². The number of non-ortho nitro benzene ring substituents is 1. The van der Waals surface area contributed by atoms with Crippen LogP contribution in [-0.2, 0) is 11.2 Å². The summed E-state index contributed by atoms with van der Waals surface area (Å²) in [7, 11) is 0. The Balaban J connectivity index is 1.95. The van der Waals surface area contributed by atoms with Crippen LogP contribution in [0.1, 0.15) is 37.7 Å². The molecule has 0 aromatic heterocycles. The quantitative estimate of drug-likeness (QED) is 0.668. The van der Waals surface area contributed by atoms with Gasteiger partial charge in [-0.2, -0.15) is 5.26 Å². The smallest absolute Gasteiger partial charge is 0.269 e. The topological polar surface area (TPSA) is 96.0 Å². The van der Waals surface area contributed by atoms with E-state index in [4.69, 9.17) is 0 Å². The molecule has 22 heavy (non-hydrogen) atoms. The molecule has 1 N–H and O–H groups in total. The summed E-state index contributed by atoms with van der Waals surface area (Å²) in [5.74, 6) is -0.0505. The largest absolute Gasteiger partial charge is 0.340 e. The number of nitriles is 1. The number of rotatable bonds is 5. The van der Waals surface area contributed by atoms with Gasteiger partial charge in [-0.3, -0.25) is 14.9 Å². The molecule has 116 valence electrons. The van der Waals surface area contributed by atoms with E-state index in [1.54, 1.807) is 12.1 Å². The van der Waals surface area contributed by atoms with Crippen LogP contribution in [0, 0.1) is 27.4 Å². The second-order valence-electron chi connectivity index (χ2n) is 5.68. The molecule has 1 aliphatic carbocycles. The van der Waals surface area contributed by atoms with E-state index in [0.29, 0.717) is 5.56 Å². The molecule has 1 atom stereocenters. The highest BCUT2D eigenvalue weighted by Crippen LogP contribution is 2.26. The Morgan fingerprint density at radius 3 is 2.77 bits per heavy atom. The normalized spacial score (nSPS) is 16.5. The summed E-state index contributed by atoms with van der Waals surface area (Å²) in [5, 5.41) is 22.8.